The summed E-state index contributed by atoms with van der Waals surface area (Å²) in [5.41, 5.74) is 6.87. The van der Waals surface area contributed by atoms with Crippen molar-refractivity contribution in [2.24, 2.45) is 5.73 Å². The number of fused-ring (bicyclic) bond motifs is 2. The summed E-state index contributed by atoms with van der Waals surface area (Å²) in [5.74, 6) is 1.65. The smallest absolute Gasteiger partial charge is 0.319 e. The second kappa shape index (κ2) is 9.67. The molecular weight excluding hydrogens is 460 g/mol. The third-order valence-electron chi connectivity index (χ3n) is 6.23. The quantitative estimate of drug-likeness (QED) is 0.487. The van der Waals surface area contributed by atoms with E-state index in [1.165, 1.54) is 17.0 Å². The Bertz CT molecular complexity index is 1150. The zero-order chi connectivity index (χ0) is 22.8. The topological polar surface area (TPSA) is 71.3 Å². The second-order valence-corrected chi connectivity index (χ2v) is 9.69. The number of hydrogen-bond donors (Lipinski definition) is 1. The number of rotatable bonds is 7. The van der Waals surface area contributed by atoms with Gasteiger partial charge in [-0.3, -0.25) is 9.80 Å². The third-order valence-corrected chi connectivity index (χ3v) is 7.92. The van der Waals surface area contributed by atoms with E-state index in [0.717, 1.165) is 72.2 Å². The van der Waals surface area contributed by atoms with Gasteiger partial charge >= 0.3 is 6.03 Å². The number of unbranched alkanes of at least 4 members (excludes halogenated alkanes) is 1. The van der Waals surface area contributed by atoms with Gasteiger partial charge in [0.2, 0.25) is 6.79 Å². The molecule has 174 valence electrons. The molecule has 5 rings (SSSR count). The van der Waals surface area contributed by atoms with Crippen molar-refractivity contribution in [2.75, 3.05) is 55.9 Å². The van der Waals surface area contributed by atoms with E-state index >= 15 is 0 Å². The maximum Gasteiger partial charge on any atom is 0.319 e. The summed E-state index contributed by atoms with van der Waals surface area (Å²) >= 11 is 8.07. The summed E-state index contributed by atoms with van der Waals surface area (Å²) in [6.07, 6.45) is 1.87. The van der Waals surface area contributed by atoms with Gasteiger partial charge in [0.05, 0.1) is 5.02 Å². The van der Waals surface area contributed by atoms with Crippen LogP contribution in [-0.2, 0) is 0 Å². The average Bonchev–Trinajstić information content (AvgIpc) is 3.43. The lowest BCUT2D eigenvalue weighted by Crippen LogP contribution is -2.46. The first-order chi connectivity index (χ1) is 16.1. The van der Waals surface area contributed by atoms with Crippen LogP contribution in [0.15, 0.2) is 42.5 Å². The van der Waals surface area contributed by atoms with Gasteiger partial charge in [-0.2, -0.15) is 0 Å². The fraction of sp³-hybridized carbons (Fsp3) is 0.375. The summed E-state index contributed by atoms with van der Waals surface area (Å²) in [5, 5.41) is 2.31. The van der Waals surface area contributed by atoms with Gasteiger partial charge in [-0.05, 0) is 37.6 Å². The van der Waals surface area contributed by atoms with Crippen LogP contribution in [0.3, 0.4) is 0 Å². The molecule has 1 fully saturated rings. The molecule has 2 aliphatic heterocycles. The molecule has 1 aromatic heterocycles. The van der Waals surface area contributed by atoms with Gasteiger partial charge < -0.3 is 20.1 Å². The molecule has 0 spiro atoms. The van der Waals surface area contributed by atoms with Gasteiger partial charge in [0, 0.05) is 54.6 Å². The van der Waals surface area contributed by atoms with E-state index < -0.39 is 6.03 Å². The predicted octanol–water partition coefficient (Wildman–Crippen LogP) is 4.77. The highest BCUT2D eigenvalue weighted by Gasteiger charge is 2.22. The van der Waals surface area contributed by atoms with Gasteiger partial charge in [-0.15, -0.1) is 11.3 Å². The second-order valence-electron chi connectivity index (χ2n) is 8.28. The van der Waals surface area contributed by atoms with E-state index in [4.69, 9.17) is 26.8 Å². The van der Waals surface area contributed by atoms with E-state index in [0.29, 0.717) is 18.4 Å². The van der Waals surface area contributed by atoms with Crippen molar-refractivity contribution in [2.45, 2.75) is 12.8 Å². The average molecular weight is 487 g/mol. The Labute approximate surface area is 202 Å². The first-order valence-corrected chi connectivity index (χ1v) is 12.4. The van der Waals surface area contributed by atoms with Gasteiger partial charge in [0.15, 0.2) is 11.5 Å². The zero-order valence-corrected chi connectivity index (χ0v) is 19.9. The highest BCUT2D eigenvalue weighted by Crippen LogP contribution is 2.42. The maximum absolute atomic E-state index is 12.1. The number of piperazine rings is 1. The Morgan fingerprint density at radius 3 is 2.64 bits per heavy atom. The van der Waals surface area contributed by atoms with Crippen LogP contribution in [0, 0.1) is 0 Å². The number of anilines is 2. The number of carbonyl (C=O) groups excluding carboxylic acids is 1. The van der Waals surface area contributed by atoms with Gasteiger partial charge in [-0.1, -0.05) is 29.8 Å². The molecule has 0 unspecified atom stereocenters. The number of primary amides is 1. The third kappa shape index (κ3) is 4.69. The molecule has 33 heavy (non-hydrogen) atoms. The molecule has 0 atom stereocenters. The van der Waals surface area contributed by atoms with E-state index in [9.17, 15) is 4.79 Å². The molecule has 7 nitrogen and oxygen atoms in total. The Morgan fingerprint density at radius 1 is 1.06 bits per heavy atom. The summed E-state index contributed by atoms with van der Waals surface area (Å²) in [7, 11) is 0. The first kappa shape index (κ1) is 22.1. The number of carbonyl (C=O) groups is 1. The Hall–Kier alpha value is -2.68. The van der Waals surface area contributed by atoms with Crippen molar-refractivity contribution in [3.8, 4) is 11.5 Å². The van der Waals surface area contributed by atoms with Crippen LogP contribution in [0.5, 0.6) is 11.5 Å². The largest absolute Gasteiger partial charge is 0.454 e. The number of urea groups is 1. The lowest BCUT2D eigenvalue weighted by molar-refractivity contribution is 0.174. The maximum atomic E-state index is 12.1. The van der Waals surface area contributed by atoms with Crippen molar-refractivity contribution in [3.05, 3.63) is 47.5 Å². The van der Waals surface area contributed by atoms with Crippen LogP contribution < -0.4 is 25.0 Å². The lowest BCUT2D eigenvalue weighted by atomic mass is 10.2. The highest BCUT2D eigenvalue weighted by atomic mass is 35.5. The summed E-state index contributed by atoms with van der Waals surface area (Å²) < 4.78 is 12.0. The van der Waals surface area contributed by atoms with Crippen LogP contribution >= 0.6 is 22.9 Å². The molecule has 3 aromatic rings. The van der Waals surface area contributed by atoms with E-state index in [1.54, 1.807) is 4.90 Å². The van der Waals surface area contributed by atoms with Crippen LogP contribution in [0.4, 0.5) is 15.5 Å². The fourth-order valence-electron chi connectivity index (χ4n) is 4.40. The van der Waals surface area contributed by atoms with Crippen LogP contribution in [-0.4, -0.2) is 57.0 Å². The zero-order valence-electron chi connectivity index (χ0n) is 18.3. The molecule has 1 saturated heterocycles. The number of nitrogens with zero attached hydrogens (tertiary/aromatic N) is 3. The van der Waals surface area contributed by atoms with Crippen molar-refractivity contribution in [3.63, 3.8) is 0 Å². The van der Waals surface area contributed by atoms with Gasteiger partial charge in [-0.25, -0.2) is 4.79 Å². The Morgan fingerprint density at radius 2 is 1.85 bits per heavy atom. The molecule has 0 radical (unpaired) electrons. The predicted molar refractivity (Wildman–Crippen MR) is 134 cm³/mol. The Kier molecular flexibility index (Phi) is 6.48. The monoisotopic (exact) mass is 486 g/mol. The number of benzene rings is 2. The number of ether oxygens (including phenoxy) is 2. The minimum absolute atomic E-state index is 0.300. The first-order valence-electron chi connectivity index (χ1n) is 11.2. The van der Waals surface area contributed by atoms with Gasteiger partial charge in [0.25, 0.3) is 0 Å². The molecule has 9 heteroatoms. The lowest BCUT2D eigenvalue weighted by Gasteiger charge is -2.36. The normalized spacial score (nSPS) is 15.8. The van der Waals surface area contributed by atoms with Crippen molar-refractivity contribution < 1.29 is 14.3 Å². The Balaban J connectivity index is 1.10. The molecule has 0 aliphatic carbocycles. The van der Waals surface area contributed by atoms with Crippen molar-refractivity contribution in [1.29, 1.82) is 0 Å². The van der Waals surface area contributed by atoms with Crippen LogP contribution in [0.25, 0.3) is 10.1 Å². The van der Waals surface area contributed by atoms with Crippen LogP contribution in [0.2, 0.25) is 5.02 Å². The molecule has 2 aliphatic rings. The summed E-state index contributed by atoms with van der Waals surface area (Å²) in [4.78, 5) is 18.6. The number of thiophene rings is 1. The summed E-state index contributed by atoms with van der Waals surface area (Å²) in [6, 6.07) is 13.6. The number of halogens is 1. The van der Waals surface area contributed by atoms with E-state index in [-0.39, 0.29) is 0 Å². The molecule has 2 amide bonds. The highest BCUT2D eigenvalue weighted by molar-refractivity contribution is 7.23. The van der Waals surface area contributed by atoms with Crippen molar-refractivity contribution >= 4 is 49.7 Å². The molecular formula is C24H27ClN4O3S. The van der Waals surface area contributed by atoms with Crippen LogP contribution in [0.1, 0.15) is 12.8 Å². The van der Waals surface area contributed by atoms with Crippen molar-refractivity contribution in [1.82, 2.24) is 4.90 Å². The molecule has 2 aromatic carbocycles. The number of hydrogen-bond acceptors (Lipinski definition) is 6. The van der Waals surface area contributed by atoms with E-state index in [1.807, 2.05) is 30.3 Å². The van der Waals surface area contributed by atoms with Gasteiger partial charge in [0.1, 0.15) is 5.00 Å². The standard InChI is InChI=1S/C24H27ClN4O3S/c25-22-18-5-1-2-6-21(18)33-23(22)29(24(26)30)10-4-3-9-27-11-13-28(14-12-27)17-7-8-19-20(15-17)32-16-31-19/h1-2,5-8,15H,3-4,9-14,16H2,(H2,26,30). The van der Waals surface area contributed by atoms with E-state index in [2.05, 4.69) is 21.9 Å². The minimum atomic E-state index is -0.458. The number of nitrogens with two attached hydrogens (primary N) is 1. The molecule has 0 saturated carbocycles. The minimum Gasteiger partial charge on any atom is -0.454 e. The molecule has 2 N–H and O–H groups in total. The fourth-order valence-corrected chi connectivity index (χ4v) is 5.97. The molecule has 3 heterocycles. The molecule has 0 bridgehead atoms. The number of amides is 2. The SMILES string of the molecule is NC(=O)N(CCCCN1CCN(c2ccc3c(c2)OCO3)CC1)c1sc2ccccc2c1Cl. The summed E-state index contributed by atoms with van der Waals surface area (Å²) in [6.45, 7) is 5.84.